The van der Waals surface area contributed by atoms with Gasteiger partial charge in [-0.2, -0.15) is 0 Å². The Balaban J connectivity index is 2.13. The van der Waals surface area contributed by atoms with Gasteiger partial charge in [-0.3, -0.25) is 0 Å². The van der Waals surface area contributed by atoms with Gasteiger partial charge in [0.25, 0.3) is 0 Å². The van der Waals surface area contributed by atoms with E-state index >= 15 is 0 Å². The largest absolute Gasteiger partial charge is 0.371 e. The molecule has 0 aromatic heterocycles. The molecule has 1 N–H and O–H groups in total. The molecule has 2 nitrogen and oxygen atoms in total. The van der Waals surface area contributed by atoms with Crippen molar-refractivity contribution >= 4 is 34.2 Å². The van der Waals surface area contributed by atoms with E-state index in [1.807, 2.05) is 0 Å². The third kappa shape index (κ3) is 1.50. The summed E-state index contributed by atoms with van der Waals surface area (Å²) in [6, 6.07) is 8.56. The second-order valence-electron chi connectivity index (χ2n) is 2.98. The SMILES string of the molecule is INc1ccc(N2CCC2)cc1. The lowest BCUT2D eigenvalue weighted by atomic mass is 10.2. The first-order valence-electron chi connectivity index (χ1n) is 4.12. The Morgan fingerprint density at radius 3 is 2.25 bits per heavy atom. The molecule has 12 heavy (non-hydrogen) atoms. The summed E-state index contributed by atoms with van der Waals surface area (Å²) < 4.78 is 3.08. The summed E-state index contributed by atoms with van der Waals surface area (Å²) >= 11 is 2.14. The van der Waals surface area contributed by atoms with Crippen LogP contribution in [0, 0.1) is 0 Å². The Labute approximate surface area is 86.4 Å². The van der Waals surface area contributed by atoms with Crippen molar-refractivity contribution in [2.24, 2.45) is 0 Å². The number of hydrogen-bond acceptors (Lipinski definition) is 2. The predicted octanol–water partition coefficient (Wildman–Crippen LogP) is 2.66. The molecule has 3 heteroatoms. The van der Waals surface area contributed by atoms with Crippen molar-refractivity contribution in [1.29, 1.82) is 0 Å². The highest BCUT2D eigenvalue weighted by atomic mass is 127. The average molecular weight is 274 g/mol. The van der Waals surface area contributed by atoms with Crippen LogP contribution in [0.5, 0.6) is 0 Å². The van der Waals surface area contributed by atoms with Gasteiger partial charge in [-0.05, 0) is 30.7 Å². The van der Waals surface area contributed by atoms with Gasteiger partial charge < -0.3 is 8.43 Å². The van der Waals surface area contributed by atoms with Gasteiger partial charge in [-0.1, -0.05) is 0 Å². The number of nitrogens with one attached hydrogen (secondary N) is 1. The van der Waals surface area contributed by atoms with Crippen molar-refractivity contribution in [2.75, 3.05) is 21.5 Å². The minimum absolute atomic E-state index is 1.17. The van der Waals surface area contributed by atoms with Crippen LogP contribution in [0.3, 0.4) is 0 Å². The molecule has 1 aliphatic heterocycles. The van der Waals surface area contributed by atoms with E-state index in [4.69, 9.17) is 0 Å². The second kappa shape index (κ2) is 3.51. The van der Waals surface area contributed by atoms with Crippen LogP contribution in [-0.4, -0.2) is 13.1 Å². The fourth-order valence-electron chi connectivity index (χ4n) is 1.31. The molecule has 1 fully saturated rings. The van der Waals surface area contributed by atoms with Gasteiger partial charge >= 0.3 is 0 Å². The minimum Gasteiger partial charge on any atom is -0.371 e. The van der Waals surface area contributed by atoms with Crippen LogP contribution in [0.1, 0.15) is 6.42 Å². The number of benzene rings is 1. The molecule has 1 aromatic rings. The number of anilines is 2. The third-order valence-electron chi connectivity index (χ3n) is 2.20. The maximum Gasteiger partial charge on any atom is 0.0560 e. The number of nitrogens with zero attached hydrogens (tertiary/aromatic N) is 1. The standard InChI is InChI=1S/C9H11IN2/c10-11-8-2-4-9(5-3-8)12-6-1-7-12/h2-5,11H,1,6-7H2. The first kappa shape index (κ1) is 8.16. The van der Waals surface area contributed by atoms with Crippen molar-refractivity contribution in [3.63, 3.8) is 0 Å². The second-order valence-corrected chi connectivity index (χ2v) is 3.52. The molecule has 1 aliphatic rings. The summed E-state index contributed by atoms with van der Waals surface area (Å²) in [7, 11) is 0. The monoisotopic (exact) mass is 274 g/mol. The quantitative estimate of drug-likeness (QED) is 0.659. The van der Waals surface area contributed by atoms with Gasteiger partial charge in [-0.15, -0.1) is 0 Å². The number of hydrogen-bond donors (Lipinski definition) is 1. The highest BCUT2D eigenvalue weighted by Gasteiger charge is 2.13. The van der Waals surface area contributed by atoms with E-state index in [1.165, 1.54) is 30.9 Å². The van der Waals surface area contributed by atoms with Crippen molar-refractivity contribution in [2.45, 2.75) is 6.42 Å². The van der Waals surface area contributed by atoms with Crippen LogP contribution in [-0.2, 0) is 0 Å². The van der Waals surface area contributed by atoms with Crippen LogP contribution in [0.15, 0.2) is 24.3 Å². The smallest absolute Gasteiger partial charge is 0.0560 e. The van der Waals surface area contributed by atoms with E-state index in [9.17, 15) is 0 Å². The van der Waals surface area contributed by atoms with E-state index in [2.05, 4.69) is 55.6 Å². The molecule has 0 saturated carbocycles. The molecule has 0 radical (unpaired) electrons. The highest BCUT2D eigenvalue weighted by molar-refractivity contribution is 14.1. The predicted molar refractivity (Wildman–Crippen MR) is 60.9 cm³/mol. The zero-order valence-electron chi connectivity index (χ0n) is 6.76. The van der Waals surface area contributed by atoms with Gasteiger partial charge in [0, 0.05) is 24.5 Å². The lowest BCUT2D eigenvalue weighted by molar-refractivity contribution is 0.618. The maximum absolute atomic E-state index is 3.08. The molecule has 1 aromatic carbocycles. The molecular weight excluding hydrogens is 263 g/mol. The van der Waals surface area contributed by atoms with Gasteiger partial charge in [0.2, 0.25) is 0 Å². The molecule has 0 bridgehead atoms. The van der Waals surface area contributed by atoms with Crippen LogP contribution in [0.25, 0.3) is 0 Å². The third-order valence-corrected chi connectivity index (χ3v) is 2.82. The highest BCUT2D eigenvalue weighted by Crippen LogP contribution is 2.22. The Morgan fingerprint density at radius 2 is 1.83 bits per heavy atom. The zero-order chi connectivity index (χ0) is 8.39. The Bertz CT molecular complexity index is 254. The Morgan fingerprint density at radius 1 is 1.17 bits per heavy atom. The summed E-state index contributed by atoms with van der Waals surface area (Å²) in [5, 5.41) is 0. The zero-order valence-corrected chi connectivity index (χ0v) is 8.91. The first-order valence-corrected chi connectivity index (χ1v) is 5.20. The summed E-state index contributed by atoms with van der Waals surface area (Å²) in [4.78, 5) is 2.39. The van der Waals surface area contributed by atoms with E-state index in [-0.39, 0.29) is 0 Å². The van der Waals surface area contributed by atoms with Crippen molar-refractivity contribution in [3.8, 4) is 0 Å². The molecule has 0 atom stereocenters. The van der Waals surface area contributed by atoms with E-state index in [1.54, 1.807) is 0 Å². The lowest BCUT2D eigenvalue weighted by Gasteiger charge is -2.33. The Kier molecular flexibility index (Phi) is 2.39. The minimum atomic E-state index is 1.17. The van der Waals surface area contributed by atoms with Crippen molar-refractivity contribution < 1.29 is 0 Å². The number of halogens is 1. The molecule has 1 saturated heterocycles. The average Bonchev–Trinajstić information content (AvgIpc) is 2.03. The van der Waals surface area contributed by atoms with Gasteiger partial charge in [-0.25, -0.2) is 0 Å². The van der Waals surface area contributed by atoms with Crippen molar-refractivity contribution in [1.82, 2.24) is 0 Å². The molecule has 0 aliphatic carbocycles. The molecular formula is C9H11IN2. The maximum atomic E-state index is 3.08. The fourth-order valence-corrected chi connectivity index (χ4v) is 1.67. The summed E-state index contributed by atoms with van der Waals surface area (Å²) in [6.07, 6.45) is 1.34. The topological polar surface area (TPSA) is 15.3 Å². The summed E-state index contributed by atoms with van der Waals surface area (Å²) in [5.74, 6) is 0. The van der Waals surface area contributed by atoms with Crippen LogP contribution >= 0.6 is 22.9 Å². The van der Waals surface area contributed by atoms with Gasteiger partial charge in [0.15, 0.2) is 0 Å². The van der Waals surface area contributed by atoms with Crippen LogP contribution < -0.4 is 8.43 Å². The number of rotatable bonds is 2. The van der Waals surface area contributed by atoms with Gasteiger partial charge in [0.05, 0.1) is 22.9 Å². The lowest BCUT2D eigenvalue weighted by Crippen LogP contribution is -2.36. The molecule has 0 unspecified atom stereocenters. The molecule has 1 heterocycles. The van der Waals surface area contributed by atoms with Crippen LogP contribution in [0.4, 0.5) is 11.4 Å². The van der Waals surface area contributed by atoms with Gasteiger partial charge in [0.1, 0.15) is 0 Å². The van der Waals surface area contributed by atoms with Crippen LogP contribution in [0.2, 0.25) is 0 Å². The van der Waals surface area contributed by atoms with Crippen molar-refractivity contribution in [3.05, 3.63) is 24.3 Å². The molecule has 0 spiro atoms. The fraction of sp³-hybridized carbons (Fsp3) is 0.333. The first-order chi connectivity index (χ1) is 5.90. The van der Waals surface area contributed by atoms with E-state index in [0.29, 0.717) is 0 Å². The Hall–Kier alpha value is -0.450. The van der Waals surface area contributed by atoms with E-state index in [0.717, 1.165) is 0 Å². The molecule has 64 valence electrons. The molecule has 2 rings (SSSR count). The normalized spacial score (nSPS) is 15.6. The van der Waals surface area contributed by atoms with E-state index < -0.39 is 0 Å². The summed E-state index contributed by atoms with van der Waals surface area (Å²) in [5.41, 5.74) is 2.51. The molecule has 0 amide bonds. The summed E-state index contributed by atoms with van der Waals surface area (Å²) in [6.45, 7) is 2.44.